The van der Waals surface area contributed by atoms with Crippen LogP contribution in [-0.2, 0) is 119 Å². The summed E-state index contributed by atoms with van der Waals surface area (Å²) in [7, 11) is 0. The second-order valence-corrected chi connectivity index (χ2v) is 16.1. The summed E-state index contributed by atoms with van der Waals surface area (Å²) in [5, 5.41) is 0. The number of esters is 10. The third-order valence-electron chi connectivity index (χ3n) is 9.15. The maximum atomic E-state index is 13.0. The standard InChI is InChI=1S/C40H56O25S/c1-12-66-40-37(60-25(11)50)34(57-22(8)47)31(28(63-40)15-53-18(4)43)65-39-36(59-24(10)49)33(56-21(7)46)30(27(62-39)14-52-17(3)42)64-38-35(58-23(9)48)32(55-20(6)45)29(54-19(5)44)26(61-38)13-51-16(2)41/h26-40H,12-15H2,1-11H3/t26?,27?,28?,29-,30-,31-,32+,33+,34+,35?,36?,37?,38-,39-,40+/m1/s1. The molecule has 3 fully saturated rings. The molecule has 0 aromatic rings. The van der Waals surface area contributed by atoms with Crippen LogP contribution in [0.1, 0.15) is 76.2 Å². The molecule has 3 heterocycles. The van der Waals surface area contributed by atoms with E-state index in [9.17, 15) is 47.9 Å². The van der Waals surface area contributed by atoms with Gasteiger partial charge in [0, 0.05) is 69.2 Å². The van der Waals surface area contributed by atoms with Crippen LogP contribution in [-0.4, -0.2) is 177 Å². The average molecular weight is 969 g/mol. The van der Waals surface area contributed by atoms with Gasteiger partial charge in [-0.3, -0.25) is 47.9 Å². The van der Waals surface area contributed by atoms with Gasteiger partial charge < -0.3 is 71.1 Å². The van der Waals surface area contributed by atoms with Gasteiger partial charge in [0.25, 0.3) is 0 Å². The van der Waals surface area contributed by atoms with Crippen LogP contribution in [0.25, 0.3) is 0 Å². The number of hydrogen-bond acceptors (Lipinski definition) is 26. The topological polar surface area (TPSA) is 309 Å². The minimum atomic E-state index is -1.96. The first kappa shape index (κ1) is 55.2. The molecule has 0 bridgehead atoms. The van der Waals surface area contributed by atoms with E-state index >= 15 is 0 Å². The highest BCUT2D eigenvalue weighted by Gasteiger charge is 2.60. The molecule has 3 aliphatic heterocycles. The molecule has 6 unspecified atom stereocenters. The quantitative estimate of drug-likeness (QED) is 0.120. The maximum absolute atomic E-state index is 13.0. The van der Waals surface area contributed by atoms with E-state index in [-0.39, 0.29) is 0 Å². The predicted octanol–water partition coefficient (Wildman–Crippen LogP) is -0.104. The van der Waals surface area contributed by atoms with Crippen molar-refractivity contribution >= 4 is 71.5 Å². The van der Waals surface area contributed by atoms with Gasteiger partial charge in [-0.15, -0.1) is 11.8 Å². The minimum Gasteiger partial charge on any atom is -0.463 e. The molecular formula is C40H56O25S. The normalized spacial score (nSPS) is 31.7. The summed E-state index contributed by atoms with van der Waals surface area (Å²) in [4.78, 5) is 125. The zero-order valence-electron chi connectivity index (χ0n) is 38.1. The first-order chi connectivity index (χ1) is 30.9. The van der Waals surface area contributed by atoms with Gasteiger partial charge in [-0.1, -0.05) is 6.92 Å². The lowest BCUT2D eigenvalue weighted by atomic mass is 9.95. The molecule has 3 saturated heterocycles. The third kappa shape index (κ3) is 16.6. The Labute approximate surface area is 382 Å². The molecule has 3 aliphatic rings. The van der Waals surface area contributed by atoms with Crippen LogP contribution in [0.2, 0.25) is 0 Å². The molecule has 0 aliphatic carbocycles. The molecule has 3 rings (SSSR count). The number of hydrogen-bond donors (Lipinski definition) is 0. The number of carbonyl (C=O) groups excluding carboxylic acids is 10. The Morgan fingerprint density at radius 3 is 0.955 bits per heavy atom. The number of carbonyl (C=O) groups is 10. The predicted molar refractivity (Wildman–Crippen MR) is 213 cm³/mol. The molecular weight excluding hydrogens is 912 g/mol. The van der Waals surface area contributed by atoms with Crippen LogP contribution in [0.4, 0.5) is 0 Å². The lowest BCUT2D eigenvalue weighted by Crippen LogP contribution is -2.68. The van der Waals surface area contributed by atoms with E-state index in [1.165, 1.54) is 0 Å². The fourth-order valence-corrected chi connectivity index (χ4v) is 8.00. The SMILES string of the molecule is CCS[C@@H]1OC(COC(C)=O)[C@@H](O[C@H]2OC(COC(C)=O)[C@@H](O[C@H]3OC(COC(C)=O)[C@@H](OC(C)=O)[C@H](OC(C)=O)C3OC(C)=O)[C@H](OC(C)=O)C2OC(C)=O)[C@H](OC(C)=O)C1OC(C)=O. The number of rotatable bonds is 19. The highest BCUT2D eigenvalue weighted by Crippen LogP contribution is 2.39. The van der Waals surface area contributed by atoms with Gasteiger partial charge in [0.05, 0.1) is 0 Å². The summed E-state index contributed by atoms with van der Waals surface area (Å²) in [6.45, 7) is 10.1. The van der Waals surface area contributed by atoms with Crippen LogP contribution in [0.3, 0.4) is 0 Å². The van der Waals surface area contributed by atoms with Gasteiger partial charge >= 0.3 is 59.7 Å². The summed E-state index contributed by atoms with van der Waals surface area (Å²) in [6, 6.07) is 0. The molecule has 0 spiro atoms. The van der Waals surface area contributed by atoms with Crippen molar-refractivity contribution in [3.8, 4) is 0 Å². The first-order valence-corrected chi connectivity index (χ1v) is 21.5. The van der Waals surface area contributed by atoms with E-state index in [1.807, 2.05) is 0 Å². The monoisotopic (exact) mass is 968 g/mol. The van der Waals surface area contributed by atoms with Crippen LogP contribution >= 0.6 is 11.8 Å². The van der Waals surface area contributed by atoms with Gasteiger partial charge in [-0.25, -0.2) is 0 Å². The van der Waals surface area contributed by atoms with Gasteiger partial charge in [0.15, 0.2) is 55.3 Å². The molecule has 0 aromatic heterocycles. The Hall–Kier alpha value is -5.15. The fourth-order valence-electron chi connectivity index (χ4n) is 7.05. The first-order valence-electron chi connectivity index (χ1n) is 20.4. The second kappa shape index (κ2) is 25.7. The molecule has 25 nitrogen and oxygen atoms in total. The van der Waals surface area contributed by atoms with E-state index in [0.717, 1.165) is 81.0 Å². The summed E-state index contributed by atoms with van der Waals surface area (Å²) in [5.74, 6) is -8.69. The highest BCUT2D eigenvalue weighted by atomic mass is 32.2. The van der Waals surface area contributed by atoms with Crippen LogP contribution in [0, 0.1) is 0 Å². The molecule has 66 heavy (non-hydrogen) atoms. The minimum absolute atomic E-state index is 0.393. The maximum Gasteiger partial charge on any atom is 0.303 e. The summed E-state index contributed by atoms with van der Waals surface area (Å²) in [6.07, 6.45) is -23.8. The summed E-state index contributed by atoms with van der Waals surface area (Å²) in [5.41, 5.74) is -1.04. The van der Waals surface area contributed by atoms with E-state index in [2.05, 4.69) is 0 Å². The number of ether oxygens (including phenoxy) is 15. The molecule has 15 atom stereocenters. The van der Waals surface area contributed by atoms with Crippen molar-refractivity contribution in [1.82, 2.24) is 0 Å². The molecule has 0 radical (unpaired) electrons. The van der Waals surface area contributed by atoms with Crippen molar-refractivity contribution in [2.24, 2.45) is 0 Å². The highest BCUT2D eigenvalue weighted by molar-refractivity contribution is 7.99. The molecule has 372 valence electrons. The Morgan fingerprint density at radius 2 is 0.621 bits per heavy atom. The fraction of sp³-hybridized carbons (Fsp3) is 0.750. The largest absolute Gasteiger partial charge is 0.463 e. The number of thioether (sulfide) groups is 1. The lowest BCUT2D eigenvalue weighted by Gasteiger charge is -2.50. The zero-order valence-corrected chi connectivity index (χ0v) is 38.9. The third-order valence-corrected chi connectivity index (χ3v) is 10.2. The van der Waals surface area contributed by atoms with E-state index in [0.29, 0.717) is 5.75 Å². The van der Waals surface area contributed by atoms with Crippen LogP contribution in [0.5, 0.6) is 0 Å². The molecule has 0 amide bonds. The van der Waals surface area contributed by atoms with Crippen molar-refractivity contribution in [1.29, 1.82) is 0 Å². The zero-order chi connectivity index (χ0) is 49.6. The van der Waals surface area contributed by atoms with Crippen LogP contribution in [0.15, 0.2) is 0 Å². The van der Waals surface area contributed by atoms with Crippen LogP contribution < -0.4 is 0 Å². The van der Waals surface area contributed by atoms with Crippen molar-refractivity contribution in [3.63, 3.8) is 0 Å². The molecule has 0 aromatic carbocycles. The smallest absolute Gasteiger partial charge is 0.303 e. The van der Waals surface area contributed by atoms with Gasteiger partial charge in [0.1, 0.15) is 55.8 Å². The second-order valence-electron chi connectivity index (χ2n) is 14.7. The van der Waals surface area contributed by atoms with E-state index in [4.69, 9.17) is 71.1 Å². The van der Waals surface area contributed by atoms with Crippen molar-refractivity contribution < 1.29 is 119 Å². The Morgan fingerprint density at radius 1 is 0.348 bits per heavy atom. The molecule has 26 heteroatoms. The molecule has 0 N–H and O–H groups in total. The summed E-state index contributed by atoms with van der Waals surface area (Å²) >= 11 is 1.15. The Balaban J connectivity index is 2.29. The van der Waals surface area contributed by atoms with E-state index < -0.39 is 171 Å². The van der Waals surface area contributed by atoms with Crippen molar-refractivity contribution in [3.05, 3.63) is 0 Å². The lowest BCUT2D eigenvalue weighted by molar-refractivity contribution is -0.372. The Bertz CT molecular complexity index is 1770. The van der Waals surface area contributed by atoms with Gasteiger partial charge in [-0.05, 0) is 5.75 Å². The average Bonchev–Trinajstić information content (AvgIpc) is 3.17. The summed E-state index contributed by atoms with van der Waals surface area (Å²) < 4.78 is 86.4. The molecule has 0 saturated carbocycles. The van der Waals surface area contributed by atoms with Gasteiger partial charge in [-0.2, -0.15) is 0 Å². The van der Waals surface area contributed by atoms with Crippen molar-refractivity contribution in [2.75, 3.05) is 25.6 Å². The van der Waals surface area contributed by atoms with E-state index in [1.54, 1.807) is 6.92 Å². The Kier molecular flexibility index (Phi) is 21.5. The van der Waals surface area contributed by atoms with Crippen molar-refractivity contribution in [2.45, 2.75) is 167 Å². The van der Waals surface area contributed by atoms with Gasteiger partial charge in [0.2, 0.25) is 0 Å².